The van der Waals surface area contributed by atoms with Crippen LogP contribution < -0.4 is 10.1 Å². The first-order valence-corrected chi connectivity index (χ1v) is 8.42. The van der Waals surface area contributed by atoms with Gasteiger partial charge >= 0.3 is 6.36 Å². The average molecular weight is 415 g/mol. The molecular formula is C17H20ClF5N2O2. The smallest absolute Gasteiger partial charge is 0.405 e. The number of carbonyl (C=O) groups excluding carboxylic acids is 1. The van der Waals surface area contributed by atoms with Gasteiger partial charge in [-0.2, -0.15) is 0 Å². The molecule has 0 unspecified atom stereocenters. The molecule has 1 aromatic carbocycles. The van der Waals surface area contributed by atoms with Crippen LogP contribution in [0.2, 0.25) is 0 Å². The van der Waals surface area contributed by atoms with Gasteiger partial charge in [-0.1, -0.05) is 6.07 Å². The van der Waals surface area contributed by atoms with E-state index in [-0.39, 0.29) is 30.4 Å². The number of amides is 1. The minimum Gasteiger partial charge on any atom is -0.405 e. The van der Waals surface area contributed by atoms with Gasteiger partial charge in [0, 0.05) is 13.0 Å². The summed E-state index contributed by atoms with van der Waals surface area (Å²) in [6.07, 6.45) is -3.95. The maximum Gasteiger partial charge on any atom is 0.573 e. The van der Waals surface area contributed by atoms with Crippen molar-refractivity contribution in [2.24, 2.45) is 0 Å². The number of nitrogens with one attached hydrogen (secondary N) is 1. The van der Waals surface area contributed by atoms with Crippen LogP contribution in [0.25, 0.3) is 0 Å². The Morgan fingerprint density at radius 3 is 2.44 bits per heavy atom. The number of alkyl halides is 5. The van der Waals surface area contributed by atoms with Crippen molar-refractivity contribution in [1.82, 2.24) is 10.2 Å². The van der Waals surface area contributed by atoms with E-state index < -0.39 is 36.9 Å². The fourth-order valence-electron chi connectivity index (χ4n) is 3.41. The third kappa shape index (κ3) is 5.44. The van der Waals surface area contributed by atoms with Crippen molar-refractivity contribution in [3.05, 3.63) is 29.3 Å². The molecule has 1 aromatic rings. The molecule has 3 rings (SSSR count). The van der Waals surface area contributed by atoms with Gasteiger partial charge in [0.05, 0.1) is 12.1 Å². The summed E-state index contributed by atoms with van der Waals surface area (Å²) in [5, 5.41) is 3.17. The molecule has 4 nitrogen and oxygen atoms in total. The number of piperidine rings is 1. The zero-order valence-corrected chi connectivity index (χ0v) is 15.1. The second kappa shape index (κ2) is 8.18. The van der Waals surface area contributed by atoms with Gasteiger partial charge in [0.15, 0.2) is 0 Å². The second-order valence-electron chi connectivity index (χ2n) is 6.66. The predicted molar refractivity (Wildman–Crippen MR) is 90.7 cm³/mol. The van der Waals surface area contributed by atoms with Crippen LogP contribution in [0.3, 0.4) is 0 Å². The molecule has 0 aromatic heterocycles. The van der Waals surface area contributed by atoms with E-state index in [4.69, 9.17) is 0 Å². The largest absolute Gasteiger partial charge is 0.573 e. The fourth-order valence-corrected chi connectivity index (χ4v) is 3.41. The first-order chi connectivity index (χ1) is 12.1. The molecule has 1 amide bonds. The Bertz CT molecular complexity index is 678. The minimum absolute atomic E-state index is 0. The van der Waals surface area contributed by atoms with Crippen molar-refractivity contribution in [2.45, 2.75) is 37.5 Å². The first-order valence-electron chi connectivity index (χ1n) is 8.42. The Hall–Kier alpha value is -1.61. The van der Waals surface area contributed by atoms with Gasteiger partial charge in [-0.3, -0.25) is 4.79 Å². The predicted octanol–water partition coefficient (Wildman–Crippen LogP) is 3.96. The Morgan fingerprint density at radius 2 is 1.89 bits per heavy atom. The Morgan fingerprint density at radius 1 is 1.22 bits per heavy atom. The summed E-state index contributed by atoms with van der Waals surface area (Å²) in [7, 11) is 0. The van der Waals surface area contributed by atoms with Crippen LogP contribution in [0.4, 0.5) is 22.0 Å². The lowest BCUT2D eigenvalue weighted by molar-refractivity contribution is -0.274. The highest BCUT2D eigenvalue weighted by Crippen LogP contribution is 2.35. The van der Waals surface area contributed by atoms with Gasteiger partial charge in [0.2, 0.25) is 0 Å². The van der Waals surface area contributed by atoms with Crippen LogP contribution in [-0.4, -0.2) is 49.3 Å². The van der Waals surface area contributed by atoms with Gasteiger partial charge in [-0.15, -0.1) is 25.6 Å². The number of nitrogens with zero attached hydrogens (tertiary/aromatic N) is 1. The molecule has 0 saturated carbocycles. The summed E-state index contributed by atoms with van der Waals surface area (Å²) in [6.45, 7) is 0.508. The first kappa shape index (κ1) is 21.7. The molecule has 2 heterocycles. The normalized spacial score (nSPS) is 20.3. The van der Waals surface area contributed by atoms with Crippen LogP contribution in [-0.2, 0) is 0 Å². The summed E-state index contributed by atoms with van der Waals surface area (Å²) in [6, 6.07) is 4.04. The van der Waals surface area contributed by atoms with E-state index in [1.807, 2.05) is 0 Å². The summed E-state index contributed by atoms with van der Waals surface area (Å²) in [4.78, 5) is 13.3. The van der Waals surface area contributed by atoms with Gasteiger partial charge in [-0.25, -0.2) is 8.78 Å². The number of benzene rings is 1. The highest BCUT2D eigenvalue weighted by molar-refractivity contribution is 5.97. The monoisotopic (exact) mass is 414 g/mol. The molecule has 152 valence electrons. The quantitative estimate of drug-likeness (QED) is 0.761. The molecule has 0 bridgehead atoms. The highest BCUT2D eigenvalue weighted by atomic mass is 35.5. The third-order valence-electron chi connectivity index (χ3n) is 4.73. The number of carbonyl (C=O) groups is 1. The van der Waals surface area contributed by atoms with Crippen LogP contribution in [0.15, 0.2) is 18.2 Å². The highest BCUT2D eigenvalue weighted by Gasteiger charge is 2.42. The van der Waals surface area contributed by atoms with Crippen LogP contribution >= 0.6 is 12.4 Å². The fraction of sp³-hybridized carbons (Fsp3) is 0.588. The Kier molecular flexibility index (Phi) is 6.57. The second-order valence-corrected chi connectivity index (χ2v) is 6.66. The lowest BCUT2D eigenvalue weighted by Crippen LogP contribution is -2.32. The molecule has 27 heavy (non-hydrogen) atoms. The molecule has 0 spiro atoms. The number of hydrogen-bond donors (Lipinski definition) is 1. The van der Waals surface area contributed by atoms with E-state index >= 15 is 0 Å². The Balaban J connectivity index is 0.00000261. The van der Waals surface area contributed by atoms with E-state index in [2.05, 4.69) is 10.1 Å². The zero-order chi connectivity index (χ0) is 18.9. The molecule has 0 aliphatic carbocycles. The van der Waals surface area contributed by atoms with E-state index in [9.17, 15) is 26.7 Å². The lowest BCUT2D eigenvalue weighted by Gasteiger charge is -2.25. The van der Waals surface area contributed by atoms with Crippen molar-refractivity contribution in [3.8, 4) is 5.75 Å². The number of rotatable bonds is 3. The van der Waals surface area contributed by atoms with E-state index in [0.29, 0.717) is 5.56 Å². The zero-order valence-electron chi connectivity index (χ0n) is 14.3. The van der Waals surface area contributed by atoms with Crippen molar-refractivity contribution >= 4 is 18.3 Å². The van der Waals surface area contributed by atoms with Crippen molar-refractivity contribution < 1.29 is 31.5 Å². The van der Waals surface area contributed by atoms with Crippen molar-refractivity contribution in [1.29, 1.82) is 0 Å². The van der Waals surface area contributed by atoms with E-state index in [0.717, 1.165) is 30.8 Å². The summed E-state index contributed by atoms with van der Waals surface area (Å²) < 4.78 is 69.1. The molecule has 1 N–H and O–H groups in total. The SMILES string of the molecule is Cl.O=C(c1ccc(C2CCNCC2)cc1OC(F)(F)F)N1CCC(F)(F)C1. The minimum atomic E-state index is -4.98. The van der Waals surface area contributed by atoms with Crippen LogP contribution in [0.5, 0.6) is 5.75 Å². The molecule has 2 aliphatic rings. The molecule has 10 heteroatoms. The Labute approximate surface area is 159 Å². The maximum atomic E-state index is 13.3. The molecule has 2 aliphatic heterocycles. The van der Waals surface area contributed by atoms with E-state index in [1.54, 1.807) is 6.07 Å². The lowest BCUT2D eigenvalue weighted by atomic mass is 9.89. The summed E-state index contributed by atoms with van der Waals surface area (Å²) >= 11 is 0. The van der Waals surface area contributed by atoms with E-state index in [1.165, 1.54) is 12.1 Å². The molecule has 0 atom stereocenters. The van der Waals surface area contributed by atoms with Gasteiger partial charge in [0.25, 0.3) is 11.8 Å². The average Bonchev–Trinajstić information content (AvgIpc) is 2.93. The molecule has 2 saturated heterocycles. The van der Waals surface area contributed by atoms with Gasteiger partial charge in [-0.05, 0) is 49.5 Å². The van der Waals surface area contributed by atoms with Crippen LogP contribution in [0.1, 0.15) is 41.1 Å². The topological polar surface area (TPSA) is 41.6 Å². The number of likely N-dealkylation sites (tertiary alicyclic amines) is 1. The van der Waals surface area contributed by atoms with Gasteiger partial charge < -0.3 is 15.0 Å². The molecule has 2 fully saturated rings. The number of halogens is 6. The van der Waals surface area contributed by atoms with Crippen molar-refractivity contribution in [2.75, 3.05) is 26.2 Å². The number of ether oxygens (including phenoxy) is 1. The molecular weight excluding hydrogens is 395 g/mol. The third-order valence-corrected chi connectivity index (χ3v) is 4.73. The number of hydrogen-bond acceptors (Lipinski definition) is 3. The van der Waals surface area contributed by atoms with Crippen molar-refractivity contribution in [3.63, 3.8) is 0 Å². The van der Waals surface area contributed by atoms with Gasteiger partial charge in [0.1, 0.15) is 5.75 Å². The van der Waals surface area contributed by atoms with Crippen LogP contribution in [0, 0.1) is 0 Å². The standard InChI is InChI=1S/C17H19F5N2O2.ClH/c18-16(19)5-8-24(10-16)15(25)13-2-1-12(11-3-6-23-7-4-11)9-14(13)26-17(20,21)22;/h1-2,9,11,23H,3-8,10H2;1H. The molecule has 0 radical (unpaired) electrons. The summed E-state index contributed by atoms with van der Waals surface area (Å²) in [5.74, 6) is -4.46. The summed E-state index contributed by atoms with van der Waals surface area (Å²) in [5.41, 5.74) is 0.298. The maximum absolute atomic E-state index is 13.3.